The summed E-state index contributed by atoms with van der Waals surface area (Å²) >= 11 is 0. The largest absolute Gasteiger partial charge is 0.365 e. The van der Waals surface area contributed by atoms with Crippen LogP contribution in [0.5, 0.6) is 0 Å². The molecular weight excluding hydrogens is 300 g/mol. The molecule has 0 atom stereocenters. The van der Waals surface area contributed by atoms with E-state index in [1.165, 1.54) is 4.31 Å². The third kappa shape index (κ3) is 2.50. The zero-order valence-electron chi connectivity index (χ0n) is 13.0. The van der Waals surface area contributed by atoms with Gasteiger partial charge in [0, 0.05) is 39.6 Å². The molecule has 1 aromatic carbocycles. The molecule has 118 valence electrons. The zero-order valence-corrected chi connectivity index (χ0v) is 13.8. The van der Waals surface area contributed by atoms with Crippen molar-refractivity contribution in [3.05, 3.63) is 41.7 Å². The van der Waals surface area contributed by atoms with Crippen molar-refractivity contribution >= 4 is 15.7 Å². The van der Waals surface area contributed by atoms with E-state index >= 15 is 0 Å². The number of nitrogens with zero attached hydrogens (tertiary/aromatic N) is 4. The fourth-order valence-electron chi connectivity index (χ4n) is 2.73. The average Bonchev–Trinajstić information content (AvgIpc) is 3.06. The average molecular weight is 320 g/mol. The Labute approximate surface area is 131 Å². The van der Waals surface area contributed by atoms with Gasteiger partial charge in [0.1, 0.15) is 0 Å². The summed E-state index contributed by atoms with van der Waals surface area (Å²) in [5, 5.41) is 4.19. The smallest absolute Gasteiger partial charge is 0.242 e. The number of hydrogen-bond acceptors (Lipinski definition) is 4. The van der Waals surface area contributed by atoms with Crippen LogP contribution >= 0.6 is 0 Å². The number of aryl methyl sites for hydroxylation is 1. The molecule has 0 saturated carbocycles. The van der Waals surface area contributed by atoms with Gasteiger partial charge < -0.3 is 4.90 Å². The number of sulfonamides is 1. The van der Waals surface area contributed by atoms with E-state index in [1.807, 2.05) is 23.9 Å². The fraction of sp³-hybridized carbons (Fsp3) is 0.400. The predicted molar refractivity (Wildman–Crippen MR) is 85.3 cm³/mol. The maximum absolute atomic E-state index is 12.2. The highest BCUT2D eigenvalue weighted by Gasteiger charge is 2.24. The van der Waals surface area contributed by atoms with Crippen molar-refractivity contribution < 1.29 is 8.42 Å². The lowest BCUT2D eigenvalue weighted by molar-refractivity contribution is 0.520. The van der Waals surface area contributed by atoms with Crippen LogP contribution in [-0.2, 0) is 30.0 Å². The standard InChI is InChI=1S/C15H20N4O2S/c1-17(2)22(20,21)14-4-5-15-12(10-14)7-9-19(15)11-13-6-8-16-18(13)3/h4-6,8,10H,7,9,11H2,1-3H3. The van der Waals surface area contributed by atoms with E-state index in [9.17, 15) is 8.42 Å². The van der Waals surface area contributed by atoms with Crippen LogP contribution in [0.25, 0.3) is 0 Å². The Bertz CT molecular complexity index is 796. The van der Waals surface area contributed by atoms with Gasteiger partial charge in [-0.15, -0.1) is 0 Å². The molecule has 3 rings (SSSR count). The Morgan fingerprint density at radius 3 is 2.68 bits per heavy atom. The first-order valence-corrected chi connectivity index (χ1v) is 8.61. The number of aromatic nitrogens is 2. The number of rotatable bonds is 4. The molecule has 2 aromatic rings. The van der Waals surface area contributed by atoms with Gasteiger partial charge in [0.15, 0.2) is 0 Å². The quantitative estimate of drug-likeness (QED) is 0.850. The van der Waals surface area contributed by atoms with Crippen LogP contribution in [0.15, 0.2) is 35.4 Å². The molecule has 0 unspecified atom stereocenters. The summed E-state index contributed by atoms with van der Waals surface area (Å²) < 4.78 is 27.5. The van der Waals surface area contributed by atoms with Crippen molar-refractivity contribution in [1.82, 2.24) is 14.1 Å². The maximum Gasteiger partial charge on any atom is 0.242 e. The van der Waals surface area contributed by atoms with E-state index in [0.717, 1.165) is 36.5 Å². The summed E-state index contributed by atoms with van der Waals surface area (Å²) in [4.78, 5) is 2.62. The predicted octanol–water partition coefficient (Wildman–Crippen LogP) is 1.23. The summed E-state index contributed by atoms with van der Waals surface area (Å²) in [6.45, 7) is 1.68. The fourth-order valence-corrected chi connectivity index (χ4v) is 3.69. The Morgan fingerprint density at radius 2 is 2.05 bits per heavy atom. The van der Waals surface area contributed by atoms with Gasteiger partial charge in [0.05, 0.1) is 17.1 Å². The monoisotopic (exact) mass is 320 g/mol. The highest BCUT2D eigenvalue weighted by Crippen LogP contribution is 2.31. The minimum absolute atomic E-state index is 0.360. The molecule has 0 spiro atoms. The van der Waals surface area contributed by atoms with Crippen molar-refractivity contribution in [2.75, 3.05) is 25.5 Å². The Hall–Kier alpha value is -1.86. The second kappa shape index (κ2) is 5.40. The van der Waals surface area contributed by atoms with Crippen molar-refractivity contribution in [3.8, 4) is 0 Å². The lowest BCUT2D eigenvalue weighted by Gasteiger charge is -2.20. The van der Waals surface area contributed by atoms with Crippen LogP contribution in [0.1, 0.15) is 11.3 Å². The number of hydrogen-bond donors (Lipinski definition) is 0. The highest BCUT2D eigenvalue weighted by atomic mass is 32.2. The van der Waals surface area contributed by atoms with Gasteiger partial charge >= 0.3 is 0 Å². The maximum atomic E-state index is 12.2. The van der Waals surface area contributed by atoms with Gasteiger partial charge in [-0.1, -0.05) is 0 Å². The molecule has 0 saturated heterocycles. The lowest BCUT2D eigenvalue weighted by Crippen LogP contribution is -2.22. The molecule has 2 heterocycles. The Morgan fingerprint density at radius 1 is 1.27 bits per heavy atom. The molecule has 6 nitrogen and oxygen atoms in total. The van der Waals surface area contributed by atoms with E-state index in [4.69, 9.17) is 0 Å². The van der Waals surface area contributed by atoms with Crippen LogP contribution in [0.4, 0.5) is 5.69 Å². The molecule has 1 aliphatic rings. The Kier molecular flexibility index (Phi) is 3.70. The van der Waals surface area contributed by atoms with Crippen LogP contribution in [-0.4, -0.2) is 43.1 Å². The summed E-state index contributed by atoms with van der Waals surface area (Å²) in [5.74, 6) is 0. The summed E-state index contributed by atoms with van der Waals surface area (Å²) in [5.41, 5.74) is 3.34. The van der Waals surface area contributed by atoms with E-state index in [-0.39, 0.29) is 0 Å². The van der Waals surface area contributed by atoms with Gasteiger partial charge in [-0.3, -0.25) is 4.68 Å². The van der Waals surface area contributed by atoms with Gasteiger partial charge in [-0.05, 0) is 36.2 Å². The van der Waals surface area contributed by atoms with Gasteiger partial charge in [0.25, 0.3) is 0 Å². The molecule has 0 fully saturated rings. The molecule has 1 aromatic heterocycles. The number of anilines is 1. The molecular formula is C15H20N4O2S. The van der Waals surface area contributed by atoms with Crippen LogP contribution in [0.2, 0.25) is 0 Å². The third-order valence-corrected chi connectivity index (χ3v) is 5.91. The minimum Gasteiger partial charge on any atom is -0.365 e. The number of fused-ring (bicyclic) bond motifs is 1. The normalized spacial score (nSPS) is 14.6. The summed E-state index contributed by atoms with van der Waals surface area (Å²) in [6.07, 6.45) is 2.66. The first-order valence-electron chi connectivity index (χ1n) is 7.17. The summed E-state index contributed by atoms with van der Waals surface area (Å²) in [6, 6.07) is 7.40. The molecule has 0 amide bonds. The molecule has 22 heavy (non-hydrogen) atoms. The van der Waals surface area contributed by atoms with E-state index < -0.39 is 10.0 Å². The molecule has 0 N–H and O–H groups in total. The second-order valence-electron chi connectivity index (χ2n) is 5.70. The van der Waals surface area contributed by atoms with Crippen LogP contribution in [0, 0.1) is 0 Å². The van der Waals surface area contributed by atoms with Crippen LogP contribution in [0.3, 0.4) is 0 Å². The van der Waals surface area contributed by atoms with E-state index in [1.54, 1.807) is 32.4 Å². The van der Waals surface area contributed by atoms with E-state index in [0.29, 0.717) is 4.90 Å². The topological polar surface area (TPSA) is 58.4 Å². The Balaban J connectivity index is 1.89. The van der Waals surface area contributed by atoms with Crippen molar-refractivity contribution in [2.45, 2.75) is 17.9 Å². The molecule has 1 aliphatic heterocycles. The molecule has 0 bridgehead atoms. The van der Waals surface area contributed by atoms with Gasteiger partial charge in [0.2, 0.25) is 10.0 Å². The highest BCUT2D eigenvalue weighted by molar-refractivity contribution is 7.89. The first-order chi connectivity index (χ1) is 10.4. The second-order valence-corrected chi connectivity index (χ2v) is 7.85. The van der Waals surface area contributed by atoms with Crippen LogP contribution < -0.4 is 4.90 Å². The molecule has 7 heteroatoms. The minimum atomic E-state index is -3.37. The molecule has 0 aliphatic carbocycles. The van der Waals surface area contributed by atoms with Crippen molar-refractivity contribution in [3.63, 3.8) is 0 Å². The summed E-state index contributed by atoms with van der Waals surface area (Å²) in [7, 11) is 1.66. The number of benzene rings is 1. The van der Waals surface area contributed by atoms with Crippen molar-refractivity contribution in [2.24, 2.45) is 7.05 Å². The van der Waals surface area contributed by atoms with Gasteiger partial charge in [-0.25, -0.2) is 12.7 Å². The molecule has 0 radical (unpaired) electrons. The van der Waals surface area contributed by atoms with Gasteiger partial charge in [-0.2, -0.15) is 5.10 Å². The SMILES string of the molecule is CN(C)S(=O)(=O)c1ccc2c(c1)CCN2Cc1ccnn1C. The lowest BCUT2D eigenvalue weighted by atomic mass is 10.2. The third-order valence-electron chi connectivity index (χ3n) is 4.10. The zero-order chi connectivity index (χ0) is 15.9. The first kappa shape index (κ1) is 15.1. The van der Waals surface area contributed by atoms with Crippen molar-refractivity contribution in [1.29, 1.82) is 0 Å². The van der Waals surface area contributed by atoms with E-state index in [2.05, 4.69) is 10.00 Å².